The second kappa shape index (κ2) is 6.02. The molecule has 2 heterocycles. The Morgan fingerprint density at radius 1 is 1.29 bits per heavy atom. The van der Waals surface area contributed by atoms with Crippen molar-refractivity contribution in [1.29, 1.82) is 0 Å². The quantitative estimate of drug-likeness (QED) is 0.844. The molecule has 2 atom stereocenters. The molecule has 4 rings (SSSR count). The molecule has 1 saturated carbocycles. The number of nitrogens with zero attached hydrogens (tertiary/aromatic N) is 3. The van der Waals surface area contributed by atoms with Gasteiger partial charge in [0.25, 0.3) is 11.5 Å². The maximum Gasteiger partial charge on any atom is 0.275 e. The summed E-state index contributed by atoms with van der Waals surface area (Å²) in [6.07, 6.45) is 3.21. The van der Waals surface area contributed by atoms with E-state index in [1.165, 1.54) is 4.68 Å². The molecule has 6 nitrogen and oxygen atoms in total. The van der Waals surface area contributed by atoms with E-state index in [9.17, 15) is 9.59 Å². The highest BCUT2D eigenvalue weighted by Gasteiger charge is 2.39. The number of amides is 1. The maximum absolute atomic E-state index is 13.2. The minimum absolute atomic E-state index is 0.0893. The van der Waals surface area contributed by atoms with Gasteiger partial charge in [-0.05, 0) is 32.3 Å². The zero-order valence-electron chi connectivity index (χ0n) is 13.8. The molecule has 1 amide bonds. The molecule has 1 aliphatic carbocycles. The van der Waals surface area contributed by atoms with E-state index in [2.05, 4.69) is 5.10 Å². The zero-order valence-corrected chi connectivity index (χ0v) is 13.8. The smallest absolute Gasteiger partial charge is 0.275 e. The van der Waals surface area contributed by atoms with Gasteiger partial charge in [-0.25, -0.2) is 4.68 Å². The molecular formula is C18H21N3O3. The van der Waals surface area contributed by atoms with Crippen molar-refractivity contribution in [1.82, 2.24) is 14.7 Å². The summed E-state index contributed by atoms with van der Waals surface area (Å²) in [6, 6.07) is 7.37. The molecule has 0 radical (unpaired) electrons. The predicted octanol–water partition coefficient (Wildman–Crippen LogP) is 1.81. The van der Waals surface area contributed by atoms with Gasteiger partial charge in [0.15, 0.2) is 5.69 Å². The van der Waals surface area contributed by atoms with Crippen molar-refractivity contribution < 1.29 is 9.53 Å². The predicted molar refractivity (Wildman–Crippen MR) is 90.1 cm³/mol. The second-order valence-corrected chi connectivity index (χ2v) is 6.42. The van der Waals surface area contributed by atoms with E-state index in [0.29, 0.717) is 36.2 Å². The van der Waals surface area contributed by atoms with Crippen LogP contribution in [0.25, 0.3) is 10.8 Å². The Morgan fingerprint density at radius 2 is 2.08 bits per heavy atom. The molecule has 2 aliphatic rings. The second-order valence-electron chi connectivity index (χ2n) is 6.42. The number of rotatable bonds is 2. The van der Waals surface area contributed by atoms with Gasteiger partial charge < -0.3 is 9.64 Å². The average Bonchev–Trinajstić information content (AvgIpc) is 3.10. The fraction of sp³-hybridized carbons (Fsp3) is 0.500. The Labute approximate surface area is 140 Å². The SMILES string of the molecule is CCn1nc(C(=O)N2CCOC3CCCC32)c2ccccc2c1=O. The number of morpholine rings is 1. The number of hydrogen-bond donors (Lipinski definition) is 0. The summed E-state index contributed by atoms with van der Waals surface area (Å²) >= 11 is 0. The highest BCUT2D eigenvalue weighted by Crippen LogP contribution is 2.31. The van der Waals surface area contributed by atoms with Crippen molar-refractivity contribution in [3.8, 4) is 0 Å². The molecule has 1 aliphatic heterocycles. The number of fused-ring (bicyclic) bond motifs is 2. The molecule has 0 N–H and O–H groups in total. The van der Waals surface area contributed by atoms with Crippen LogP contribution in [-0.2, 0) is 11.3 Å². The highest BCUT2D eigenvalue weighted by molar-refractivity contribution is 6.05. The van der Waals surface area contributed by atoms with Gasteiger partial charge in [-0.2, -0.15) is 5.10 Å². The molecule has 0 spiro atoms. The number of carbonyl (C=O) groups excluding carboxylic acids is 1. The van der Waals surface area contributed by atoms with Gasteiger partial charge in [-0.1, -0.05) is 18.2 Å². The first-order chi connectivity index (χ1) is 11.7. The average molecular weight is 327 g/mol. The zero-order chi connectivity index (χ0) is 16.7. The van der Waals surface area contributed by atoms with Crippen molar-refractivity contribution >= 4 is 16.7 Å². The summed E-state index contributed by atoms with van der Waals surface area (Å²) in [6.45, 7) is 3.46. The molecule has 2 fully saturated rings. The van der Waals surface area contributed by atoms with Gasteiger partial charge in [-0.3, -0.25) is 9.59 Å². The van der Waals surface area contributed by atoms with Gasteiger partial charge in [0.05, 0.1) is 24.1 Å². The standard InChI is InChI=1S/C18H21N3O3/c1-2-21-17(22)13-7-4-3-6-12(13)16(19-21)18(23)20-10-11-24-15-9-5-8-14(15)20/h3-4,6-7,14-15H,2,5,8-11H2,1H3. The van der Waals surface area contributed by atoms with Crippen LogP contribution in [0.3, 0.4) is 0 Å². The Kier molecular flexibility index (Phi) is 3.84. The highest BCUT2D eigenvalue weighted by atomic mass is 16.5. The molecule has 1 aromatic carbocycles. The van der Waals surface area contributed by atoms with Crippen LogP contribution in [0.1, 0.15) is 36.7 Å². The van der Waals surface area contributed by atoms with E-state index in [1.54, 1.807) is 6.07 Å². The molecule has 126 valence electrons. The van der Waals surface area contributed by atoms with Crippen LogP contribution in [0, 0.1) is 0 Å². The van der Waals surface area contributed by atoms with Crippen LogP contribution in [0.2, 0.25) is 0 Å². The summed E-state index contributed by atoms with van der Waals surface area (Å²) in [4.78, 5) is 27.6. The number of aromatic nitrogens is 2. The fourth-order valence-corrected chi connectivity index (χ4v) is 3.92. The van der Waals surface area contributed by atoms with Crippen molar-refractivity contribution in [2.24, 2.45) is 0 Å². The largest absolute Gasteiger partial charge is 0.374 e. The first-order valence-electron chi connectivity index (χ1n) is 8.63. The van der Waals surface area contributed by atoms with Crippen LogP contribution < -0.4 is 5.56 Å². The lowest BCUT2D eigenvalue weighted by molar-refractivity contribution is -0.0447. The van der Waals surface area contributed by atoms with Crippen LogP contribution >= 0.6 is 0 Å². The van der Waals surface area contributed by atoms with Crippen LogP contribution in [0.4, 0.5) is 0 Å². The van der Waals surface area contributed by atoms with Gasteiger partial charge in [0, 0.05) is 18.5 Å². The fourth-order valence-electron chi connectivity index (χ4n) is 3.92. The Morgan fingerprint density at radius 3 is 2.88 bits per heavy atom. The lowest BCUT2D eigenvalue weighted by atomic mass is 10.1. The summed E-state index contributed by atoms with van der Waals surface area (Å²) < 4.78 is 7.18. The normalized spacial score (nSPS) is 23.5. The summed E-state index contributed by atoms with van der Waals surface area (Å²) in [7, 11) is 0. The topological polar surface area (TPSA) is 64.4 Å². The minimum atomic E-state index is -0.148. The maximum atomic E-state index is 13.2. The Balaban J connectivity index is 1.82. The molecule has 2 aromatic rings. The van der Waals surface area contributed by atoms with E-state index < -0.39 is 0 Å². The van der Waals surface area contributed by atoms with Gasteiger partial charge >= 0.3 is 0 Å². The van der Waals surface area contributed by atoms with E-state index in [-0.39, 0.29) is 23.6 Å². The van der Waals surface area contributed by atoms with Gasteiger partial charge in [0.2, 0.25) is 0 Å². The van der Waals surface area contributed by atoms with E-state index in [4.69, 9.17) is 4.74 Å². The Hall–Kier alpha value is -2.21. The van der Waals surface area contributed by atoms with Crippen LogP contribution in [0.15, 0.2) is 29.1 Å². The monoisotopic (exact) mass is 327 g/mol. The molecule has 1 saturated heterocycles. The number of ether oxygens (including phenoxy) is 1. The van der Waals surface area contributed by atoms with Crippen molar-refractivity contribution in [3.63, 3.8) is 0 Å². The molecule has 0 bridgehead atoms. The molecular weight excluding hydrogens is 306 g/mol. The Bertz CT molecular complexity index is 845. The van der Waals surface area contributed by atoms with E-state index in [1.807, 2.05) is 30.0 Å². The van der Waals surface area contributed by atoms with Gasteiger partial charge in [-0.15, -0.1) is 0 Å². The van der Waals surface area contributed by atoms with E-state index >= 15 is 0 Å². The summed E-state index contributed by atoms with van der Waals surface area (Å²) in [5.41, 5.74) is 0.227. The number of benzene rings is 1. The third-order valence-corrected chi connectivity index (χ3v) is 5.11. The first-order valence-corrected chi connectivity index (χ1v) is 8.63. The lowest BCUT2D eigenvalue weighted by Gasteiger charge is -2.37. The van der Waals surface area contributed by atoms with Crippen molar-refractivity contribution in [2.45, 2.75) is 44.9 Å². The summed E-state index contributed by atoms with van der Waals surface area (Å²) in [5.74, 6) is -0.0893. The third-order valence-electron chi connectivity index (χ3n) is 5.11. The van der Waals surface area contributed by atoms with Crippen LogP contribution in [0.5, 0.6) is 0 Å². The van der Waals surface area contributed by atoms with Crippen molar-refractivity contribution in [3.05, 3.63) is 40.3 Å². The number of carbonyl (C=O) groups is 1. The minimum Gasteiger partial charge on any atom is -0.374 e. The van der Waals surface area contributed by atoms with E-state index in [0.717, 1.165) is 19.3 Å². The first kappa shape index (κ1) is 15.3. The molecule has 1 aromatic heterocycles. The molecule has 24 heavy (non-hydrogen) atoms. The number of hydrogen-bond acceptors (Lipinski definition) is 4. The molecule has 6 heteroatoms. The van der Waals surface area contributed by atoms with Crippen LogP contribution in [-0.4, -0.2) is 45.9 Å². The third kappa shape index (κ3) is 2.33. The number of aryl methyl sites for hydroxylation is 1. The summed E-state index contributed by atoms with van der Waals surface area (Å²) in [5, 5.41) is 5.57. The van der Waals surface area contributed by atoms with Crippen molar-refractivity contribution in [2.75, 3.05) is 13.2 Å². The molecule has 2 unspecified atom stereocenters. The lowest BCUT2D eigenvalue weighted by Crippen LogP contribution is -2.51. The van der Waals surface area contributed by atoms with Gasteiger partial charge in [0.1, 0.15) is 0 Å².